The van der Waals surface area contributed by atoms with Crippen molar-refractivity contribution in [1.82, 2.24) is 0 Å². The Bertz CT molecular complexity index is 275. The molecule has 1 unspecified atom stereocenters. The van der Waals surface area contributed by atoms with Crippen molar-refractivity contribution in [2.24, 2.45) is 0 Å². The van der Waals surface area contributed by atoms with E-state index >= 15 is 0 Å². The molecule has 3 heteroatoms. The summed E-state index contributed by atoms with van der Waals surface area (Å²) in [5.41, 5.74) is 1.36. The number of hydrogen-bond acceptors (Lipinski definition) is 2. The first kappa shape index (κ1) is 18.9. The maximum Gasteiger partial charge on any atom is 0.191 e. The van der Waals surface area contributed by atoms with Crippen LogP contribution in [0.5, 0.6) is 0 Å². The molecular formula is C16H34O2Si. The second-order valence-corrected chi connectivity index (χ2v) is 11.8. The third-order valence-corrected chi connectivity index (χ3v) is 8.63. The lowest BCUT2D eigenvalue weighted by Crippen LogP contribution is -2.40. The Hall–Kier alpha value is -0.123. The van der Waals surface area contributed by atoms with E-state index in [1.54, 1.807) is 0 Å². The summed E-state index contributed by atoms with van der Waals surface area (Å²) in [5.74, 6) is 0. The molecule has 114 valence electrons. The van der Waals surface area contributed by atoms with Crippen LogP contribution in [0, 0.1) is 0 Å². The zero-order chi connectivity index (χ0) is 15.1. The van der Waals surface area contributed by atoms with E-state index in [4.69, 9.17) is 4.43 Å². The van der Waals surface area contributed by atoms with Crippen molar-refractivity contribution in [2.75, 3.05) is 6.61 Å². The van der Waals surface area contributed by atoms with Crippen molar-refractivity contribution in [3.63, 3.8) is 0 Å². The lowest BCUT2D eigenvalue weighted by Gasteiger charge is -2.36. The Balaban J connectivity index is 3.94. The quantitative estimate of drug-likeness (QED) is 0.391. The maximum absolute atomic E-state index is 9.36. The van der Waals surface area contributed by atoms with Crippen LogP contribution in [0.3, 0.4) is 0 Å². The fourth-order valence-electron chi connectivity index (χ4n) is 1.72. The lowest BCUT2D eigenvalue weighted by molar-refractivity contribution is 0.242. The summed E-state index contributed by atoms with van der Waals surface area (Å²) in [7, 11) is -1.57. The molecule has 0 aliphatic carbocycles. The molecule has 0 spiro atoms. The normalized spacial score (nSPS) is 15.7. The maximum atomic E-state index is 9.36. The predicted molar refractivity (Wildman–Crippen MR) is 87.1 cm³/mol. The molecule has 1 atom stereocenters. The number of aliphatic hydroxyl groups is 1. The van der Waals surface area contributed by atoms with Crippen LogP contribution in [0.25, 0.3) is 0 Å². The zero-order valence-corrected chi connectivity index (χ0v) is 15.0. The minimum atomic E-state index is -1.57. The monoisotopic (exact) mass is 286 g/mol. The summed E-state index contributed by atoms with van der Waals surface area (Å²) in [6.45, 7) is 16.3. The molecule has 0 rings (SSSR count). The van der Waals surface area contributed by atoms with Gasteiger partial charge in [-0.15, -0.1) is 0 Å². The minimum Gasteiger partial charge on any atom is -0.417 e. The van der Waals surface area contributed by atoms with Gasteiger partial charge in [-0.05, 0) is 50.7 Å². The Labute approximate surface area is 121 Å². The van der Waals surface area contributed by atoms with Gasteiger partial charge in [0.2, 0.25) is 0 Å². The van der Waals surface area contributed by atoms with E-state index in [-0.39, 0.29) is 6.10 Å². The Morgan fingerprint density at radius 3 is 2.26 bits per heavy atom. The smallest absolute Gasteiger partial charge is 0.191 e. The van der Waals surface area contributed by atoms with Gasteiger partial charge in [-0.1, -0.05) is 39.3 Å². The molecule has 0 aromatic rings. The van der Waals surface area contributed by atoms with Crippen LogP contribution in [0.2, 0.25) is 18.1 Å². The molecule has 0 amide bonds. The average Bonchev–Trinajstić information content (AvgIpc) is 2.24. The van der Waals surface area contributed by atoms with Gasteiger partial charge in [-0.2, -0.15) is 0 Å². The van der Waals surface area contributed by atoms with E-state index in [0.29, 0.717) is 5.04 Å². The number of rotatable bonds is 8. The standard InChI is InChI=1S/C16H34O2Si/c1-8-15(13-14(2)17)11-9-10-12-18-19(6,7)16(3,4)5/h13-14,17H,8-12H2,1-7H3/b15-13+. The Morgan fingerprint density at radius 1 is 1.26 bits per heavy atom. The van der Waals surface area contributed by atoms with Gasteiger partial charge in [0.1, 0.15) is 0 Å². The third kappa shape index (κ3) is 7.90. The zero-order valence-electron chi connectivity index (χ0n) is 14.0. The summed E-state index contributed by atoms with van der Waals surface area (Å²) in [5, 5.41) is 9.66. The van der Waals surface area contributed by atoms with Crippen LogP contribution < -0.4 is 0 Å². The molecule has 0 aliphatic rings. The number of hydrogen-bond donors (Lipinski definition) is 1. The van der Waals surface area contributed by atoms with Gasteiger partial charge in [-0.25, -0.2) is 0 Å². The molecule has 0 saturated heterocycles. The number of allylic oxidation sites excluding steroid dienone is 1. The summed E-state index contributed by atoms with van der Waals surface area (Å²) in [6, 6.07) is 0. The van der Waals surface area contributed by atoms with Gasteiger partial charge in [0.15, 0.2) is 8.32 Å². The Morgan fingerprint density at radius 2 is 1.84 bits per heavy atom. The van der Waals surface area contributed by atoms with Crippen molar-refractivity contribution < 1.29 is 9.53 Å². The first-order chi connectivity index (χ1) is 8.60. The van der Waals surface area contributed by atoms with Gasteiger partial charge in [-0.3, -0.25) is 0 Å². The topological polar surface area (TPSA) is 29.5 Å². The molecule has 0 bridgehead atoms. The fourth-order valence-corrected chi connectivity index (χ4v) is 2.80. The first-order valence-electron chi connectivity index (χ1n) is 7.61. The van der Waals surface area contributed by atoms with Crippen molar-refractivity contribution >= 4 is 8.32 Å². The van der Waals surface area contributed by atoms with E-state index in [2.05, 4.69) is 40.8 Å². The molecule has 0 aromatic heterocycles. The predicted octanol–water partition coefficient (Wildman–Crippen LogP) is 4.90. The molecule has 0 heterocycles. The van der Waals surface area contributed by atoms with E-state index in [1.807, 2.05) is 13.0 Å². The molecule has 1 N–H and O–H groups in total. The highest BCUT2D eigenvalue weighted by Gasteiger charge is 2.36. The summed E-state index contributed by atoms with van der Waals surface area (Å²) >= 11 is 0. The fraction of sp³-hybridized carbons (Fsp3) is 0.875. The summed E-state index contributed by atoms with van der Waals surface area (Å²) < 4.78 is 6.16. The molecule has 19 heavy (non-hydrogen) atoms. The largest absolute Gasteiger partial charge is 0.417 e. The number of unbranched alkanes of at least 4 members (excludes halogenated alkanes) is 1. The molecule has 2 nitrogen and oxygen atoms in total. The van der Waals surface area contributed by atoms with Gasteiger partial charge in [0.05, 0.1) is 6.10 Å². The van der Waals surface area contributed by atoms with Crippen LogP contribution in [-0.2, 0) is 4.43 Å². The molecule has 0 fully saturated rings. The lowest BCUT2D eigenvalue weighted by atomic mass is 10.0. The van der Waals surface area contributed by atoms with Gasteiger partial charge in [0.25, 0.3) is 0 Å². The molecule has 0 radical (unpaired) electrons. The Kier molecular flexibility index (Phi) is 8.17. The highest BCUT2D eigenvalue weighted by Crippen LogP contribution is 2.36. The van der Waals surface area contributed by atoms with Crippen molar-refractivity contribution in [3.05, 3.63) is 11.6 Å². The van der Waals surface area contributed by atoms with Crippen LogP contribution in [0.15, 0.2) is 11.6 Å². The van der Waals surface area contributed by atoms with E-state index < -0.39 is 8.32 Å². The van der Waals surface area contributed by atoms with E-state index in [0.717, 1.165) is 32.3 Å². The van der Waals surface area contributed by atoms with Gasteiger partial charge < -0.3 is 9.53 Å². The van der Waals surface area contributed by atoms with Crippen molar-refractivity contribution in [3.8, 4) is 0 Å². The second-order valence-electron chi connectivity index (χ2n) is 6.98. The van der Waals surface area contributed by atoms with Crippen LogP contribution in [0.4, 0.5) is 0 Å². The number of aliphatic hydroxyl groups excluding tert-OH is 1. The van der Waals surface area contributed by atoms with Gasteiger partial charge in [0, 0.05) is 6.61 Å². The summed E-state index contributed by atoms with van der Waals surface area (Å²) in [4.78, 5) is 0. The van der Waals surface area contributed by atoms with Crippen molar-refractivity contribution in [1.29, 1.82) is 0 Å². The van der Waals surface area contributed by atoms with E-state index in [1.165, 1.54) is 5.57 Å². The van der Waals surface area contributed by atoms with Crippen LogP contribution in [0.1, 0.15) is 60.3 Å². The first-order valence-corrected chi connectivity index (χ1v) is 10.5. The second kappa shape index (κ2) is 8.23. The molecular weight excluding hydrogens is 252 g/mol. The SMILES string of the molecule is CC/C(=C\C(C)O)CCCCO[Si](C)(C)C(C)(C)C. The molecule has 0 aliphatic heterocycles. The molecule has 0 aromatic carbocycles. The van der Waals surface area contributed by atoms with Crippen molar-refractivity contribution in [2.45, 2.75) is 84.5 Å². The van der Waals surface area contributed by atoms with E-state index in [9.17, 15) is 5.11 Å². The average molecular weight is 287 g/mol. The summed E-state index contributed by atoms with van der Waals surface area (Å²) in [6.07, 6.45) is 6.05. The van der Waals surface area contributed by atoms with Crippen LogP contribution in [-0.4, -0.2) is 26.1 Å². The molecule has 0 saturated carbocycles. The highest BCUT2D eigenvalue weighted by molar-refractivity contribution is 6.74. The minimum absolute atomic E-state index is 0.299. The third-order valence-electron chi connectivity index (χ3n) is 4.09. The van der Waals surface area contributed by atoms with Gasteiger partial charge >= 0.3 is 0 Å². The van der Waals surface area contributed by atoms with Crippen LogP contribution >= 0.6 is 0 Å². The highest BCUT2D eigenvalue weighted by atomic mass is 28.4.